The van der Waals surface area contributed by atoms with Crippen molar-refractivity contribution >= 4 is 6.09 Å². The minimum atomic E-state index is -0.315. The van der Waals surface area contributed by atoms with E-state index in [4.69, 9.17) is 4.74 Å². The topological polar surface area (TPSA) is 50.4 Å². The summed E-state index contributed by atoms with van der Waals surface area (Å²) in [7, 11) is 0. The highest BCUT2D eigenvalue weighted by molar-refractivity contribution is 5.67. The number of hydrogen-bond acceptors (Lipinski definition) is 3. The molecule has 0 radical (unpaired) electrons. The van der Waals surface area contributed by atoms with Crippen LogP contribution in [0.15, 0.2) is 0 Å². The van der Waals surface area contributed by atoms with E-state index in [0.717, 1.165) is 6.54 Å². The van der Waals surface area contributed by atoms with Gasteiger partial charge in [-0.2, -0.15) is 0 Å². The second kappa shape index (κ2) is 5.95. The van der Waals surface area contributed by atoms with Crippen LogP contribution >= 0.6 is 0 Å². The maximum absolute atomic E-state index is 11.2. The molecule has 0 saturated carbocycles. The highest BCUT2D eigenvalue weighted by atomic mass is 16.6. The molecule has 1 aliphatic rings. The fourth-order valence-electron chi connectivity index (χ4n) is 1.84. The van der Waals surface area contributed by atoms with Crippen LogP contribution in [0.2, 0.25) is 0 Å². The molecule has 1 rings (SSSR count). The summed E-state index contributed by atoms with van der Waals surface area (Å²) in [4.78, 5) is 11.2. The zero-order valence-corrected chi connectivity index (χ0v) is 9.88. The number of carbonyl (C=O) groups excluding carboxylic acids is 1. The predicted molar refractivity (Wildman–Crippen MR) is 59.8 cm³/mol. The monoisotopic (exact) mass is 214 g/mol. The van der Waals surface area contributed by atoms with Crippen LogP contribution in [-0.2, 0) is 4.74 Å². The van der Waals surface area contributed by atoms with Crippen molar-refractivity contribution < 1.29 is 9.53 Å². The lowest BCUT2D eigenvalue weighted by Gasteiger charge is -2.30. The van der Waals surface area contributed by atoms with Gasteiger partial charge in [-0.15, -0.1) is 0 Å². The molecule has 88 valence electrons. The van der Waals surface area contributed by atoms with Gasteiger partial charge in [-0.25, -0.2) is 4.79 Å². The predicted octanol–water partition coefficient (Wildman–Crippen LogP) is 1.51. The number of amides is 1. The zero-order valence-electron chi connectivity index (χ0n) is 9.88. The van der Waals surface area contributed by atoms with E-state index in [1.54, 1.807) is 0 Å². The van der Waals surface area contributed by atoms with E-state index in [1.165, 1.54) is 12.8 Å². The minimum absolute atomic E-state index is 0.0539. The molecule has 0 spiro atoms. The number of piperidine rings is 1. The van der Waals surface area contributed by atoms with E-state index in [2.05, 4.69) is 17.6 Å². The molecule has 2 atom stereocenters. The van der Waals surface area contributed by atoms with Gasteiger partial charge in [-0.05, 0) is 39.2 Å². The summed E-state index contributed by atoms with van der Waals surface area (Å²) < 4.78 is 5.00. The summed E-state index contributed by atoms with van der Waals surface area (Å²) in [6, 6.07) is 0.387. The van der Waals surface area contributed by atoms with E-state index in [0.29, 0.717) is 18.5 Å². The van der Waals surface area contributed by atoms with E-state index < -0.39 is 0 Å². The van der Waals surface area contributed by atoms with Gasteiger partial charge in [-0.3, -0.25) is 0 Å². The second-order valence-corrected chi connectivity index (χ2v) is 4.52. The third kappa shape index (κ3) is 4.51. The average Bonchev–Trinajstić information content (AvgIpc) is 2.15. The van der Waals surface area contributed by atoms with Crippen LogP contribution in [0, 0.1) is 5.92 Å². The SMILES string of the molecule is CC(C)OC(=O)NCC1NCCCC1C. The summed E-state index contributed by atoms with van der Waals surface area (Å²) in [5, 5.41) is 6.20. The Morgan fingerprint density at radius 1 is 1.60 bits per heavy atom. The molecule has 1 amide bonds. The van der Waals surface area contributed by atoms with E-state index in [-0.39, 0.29) is 12.2 Å². The Labute approximate surface area is 91.8 Å². The number of nitrogens with one attached hydrogen (secondary N) is 2. The minimum Gasteiger partial charge on any atom is -0.447 e. The van der Waals surface area contributed by atoms with Gasteiger partial charge in [0.25, 0.3) is 0 Å². The molecular weight excluding hydrogens is 192 g/mol. The van der Waals surface area contributed by atoms with Gasteiger partial charge in [0, 0.05) is 12.6 Å². The van der Waals surface area contributed by atoms with Crippen LogP contribution in [0.4, 0.5) is 4.79 Å². The molecule has 1 aliphatic heterocycles. The van der Waals surface area contributed by atoms with Crippen LogP contribution in [0.1, 0.15) is 33.6 Å². The van der Waals surface area contributed by atoms with E-state index in [9.17, 15) is 4.79 Å². The zero-order chi connectivity index (χ0) is 11.3. The molecule has 0 aliphatic carbocycles. The van der Waals surface area contributed by atoms with Crippen molar-refractivity contribution in [3.63, 3.8) is 0 Å². The van der Waals surface area contributed by atoms with Gasteiger partial charge in [0.1, 0.15) is 0 Å². The Hall–Kier alpha value is -0.770. The first-order chi connectivity index (χ1) is 7.09. The van der Waals surface area contributed by atoms with Gasteiger partial charge in [-0.1, -0.05) is 6.92 Å². The second-order valence-electron chi connectivity index (χ2n) is 4.52. The Balaban J connectivity index is 2.20. The van der Waals surface area contributed by atoms with Gasteiger partial charge < -0.3 is 15.4 Å². The quantitative estimate of drug-likeness (QED) is 0.748. The summed E-state index contributed by atoms with van der Waals surface area (Å²) in [6.07, 6.45) is 2.10. The first-order valence-electron chi connectivity index (χ1n) is 5.77. The third-order valence-electron chi connectivity index (χ3n) is 2.74. The maximum atomic E-state index is 11.2. The lowest BCUT2D eigenvalue weighted by Crippen LogP contribution is -2.48. The molecule has 1 fully saturated rings. The molecule has 0 aromatic heterocycles. The van der Waals surface area contributed by atoms with Crippen molar-refractivity contribution in [1.29, 1.82) is 0 Å². The average molecular weight is 214 g/mol. The summed E-state index contributed by atoms with van der Waals surface area (Å²) in [6.45, 7) is 7.62. The molecule has 1 saturated heterocycles. The molecule has 1 heterocycles. The smallest absolute Gasteiger partial charge is 0.407 e. The van der Waals surface area contributed by atoms with Crippen LogP contribution in [0.25, 0.3) is 0 Å². The highest BCUT2D eigenvalue weighted by Crippen LogP contribution is 2.14. The number of carbonyl (C=O) groups is 1. The van der Waals surface area contributed by atoms with E-state index >= 15 is 0 Å². The first-order valence-corrected chi connectivity index (χ1v) is 5.77. The van der Waals surface area contributed by atoms with Crippen molar-refractivity contribution in [3.05, 3.63) is 0 Å². The first kappa shape index (κ1) is 12.3. The molecule has 15 heavy (non-hydrogen) atoms. The molecule has 0 aromatic carbocycles. The largest absolute Gasteiger partial charge is 0.447 e. The van der Waals surface area contributed by atoms with Crippen LogP contribution in [-0.4, -0.2) is 31.3 Å². The molecular formula is C11H22N2O2. The lowest BCUT2D eigenvalue weighted by atomic mass is 9.93. The summed E-state index contributed by atoms with van der Waals surface area (Å²) in [5.41, 5.74) is 0. The summed E-state index contributed by atoms with van der Waals surface area (Å²) in [5.74, 6) is 0.623. The van der Waals surface area contributed by atoms with Gasteiger partial charge >= 0.3 is 6.09 Å². The van der Waals surface area contributed by atoms with E-state index in [1.807, 2.05) is 13.8 Å². The van der Waals surface area contributed by atoms with Gasteiger partial charge in [0.2, 0.25) is 0 Å². The Kier molecular flexibility index (Phi) is 4.88. The fraction of sp³-hybridized carbons (Fsp3) is 0.909. The normalized spacial score (nSPS) is 26.4. The Bertz CT molecular complexity index is 207. The number of alkyl carbamates (subject to hydrolysis) is 1. The Morgan fingerprint density at radius 3 is 2.93 bits per heavy atom. The molecule has 0 aromatic rings. The molecule has 4 heteroatoms. The summed E-state index contributed by atoms with van der Waals surface area (Å²) >= 11 is 0. The van der Waals surface area contributed by atoms with Crippen LogP contribution in [0.5, 0.6) is 0 Å². The van der Waals surface area contributed by atoms with Crippen molar-refractivity contribution in [2.75, 3.05) is 13.1 Å². The highest BCUT2D eigenvalue weighted by Gasteiger charge is 2.21. The third-order valence-corrected chi connectivity index (χ3v) is 2.74. The number of rotatable bonds is 3. The van der Waals surface area contributed by atoms with Crippen molar-refractivity contribution in [2.24, 2.45) is 5.92 Å². The molecule has 2 N–H and O–H groups in total. The lowest BCUT2D eigenvalue weighted by molar-refractivity contribution is 0.113. The molecule has 2 unspecified atom stereocenters. The van der Waals surface area contributed by atoms with Gasteiger partial charge in [0.05, 0.1) is 6.10 Å². The van der Waals surface area contributed by atoms with Crippen molar-refractivity contribution in [2.45, 2.75) is 45.8 Å². The fourth-order valence-corrected chi connectivity index (χ4v) is 1.84. The van der Waals surface area contributed by atoms with Crippen molar-refractivity contribution in [3.8, 4) is 0 Å². The van der Waals surface area contributed by atoms with Crippen LogP contribution < -0.4 is 10.6 Å². The van der Waals surface area contributed by atoms with Crippen LogP contribution in [0.3, 0.4) is 0 Å². The number of ether oxygens (including phenoxy) is 1. The maximum Gasteiger partial charge on any atom is 0.407 e. The standard InChI is InChI=1S/C11H22N2O2/c1-8(2)15-11(14)13-7-10-9(3)5-4-6-12-10/h8-10,12H,4-7H2,1-3H3,(H,13,14). The van der Waals surface area contributed by atoms with Crippen molar-refractivity contribution in [1.82, 2.24) is 10.6 Å². The Morgan fingerprint density at radius 2 is 2.33 bits per heavy atom. The molecule has 4 nitrogen and oxygen atoms in total. The number of hydrogen-bond donors (Lipinski definition) is 2. The molecule has 0 bridgehead atoms. The van der Waals surface area contributed by atoms with Gasteiger partial charge in [0.15, 0.2) is 0 Å².